The van der Waals surface area contributed by atoms with Gasteiger partial charge in [-0.05, 0) is 123 Å². The summed E-state index contributed by atoms with van der Waals surface area (Å²) in [6, 6.07) is 22.7. The number of amides is 4. The molecule has 6 rings (SSSR count). The lowest BCUT2D eigenvalue weighted by atomic mass is 10.1. The molecule has 0 spiro atoms. The van der Waals surface area contributed by atoms with Crippen molar-refractivity contribution in [3.05, 3.63) is 129 Å². The van der Waals surface area contributed by atoms with Gasteiger partial charge in [0.2, 0.25) is 17.4 Å². The zero-order valence-electron chi connectivity index (χ0n) is 54.1. The zero-order chi connectivity index (χ0) is 67.0. The summed E-state index contributed by atoms with van der Waals surface area (Å²) in [6.45, 7) is 16.9. The van der Waals surface area contributed by atoms with E-state index in [1.54, 1.807) is 85.6 Å². The van der Waals surface area contributed by atoms with E-state index in [9.17, 15) is 34.1 Å². The number of imide groups is 1. The molecule has 23 nitrogen and oxygen atoms in total. The molecule has 1 heterocycles. The Morgan fingerprint density at radius 1 is 0.571 bits per heavy atom. The lowest BCUT2D eigenvalue weighted by Crippen LogP contribution is -2.42. The number of rotatable bonds is 31. The highest BCUT2D eigenvalue weighted by Crippen LogP contribution is 2.41. The molecule has 1 aliphatic rings. The number of unbranched alkanes of at least 4 members (excludes halogenated alkanes) is 1. The minimum Gasteiger partial charge on any atom is -0.493 e. The van der Waals surface area contributed by atoms with Gasteiger partial charge in [-0.2, -0.15) is 0 Å². The zero-order valence-corrected chi connectivity index (χ0v) is 55.7. The van der Waals surface area contributed by atoms with Crippen molar-refractivity contribution >= 4 is 81.5 Å². The molecule has 25 heteroatoms. The average molecular weight is 1300 g/mol. The van der Waals surface area contributed by atoms with Gasteiger partial charge >= 0.3 is 12.2 Å². The quantitative estimate of drug-likeness (QED) is 0.00632. The van der Waals surface area contributed by atoms with Crippen LogP contribution in [0, 0.1) is 10.1 Å². The maximum absolute atomic E-state index is 13.4. The Morgan fingerprint density at radius 3 is 1.42 bits per heavy atom. The highest BCUT2D eigenvalue weighted by atomic mass is 33.1. The van der Waals surface area contributed by atoms with Crippen molar-refractivity contribution in [3.63, 3.8) is 0 Å². The third kappa shape index (κ3) is 23.7. The van der Waals surface area contributed by atoms with Gasteiger partial charge in [0.25, 0.3) is 17.5 Å². The lowest BCUT2D eigenvalue weighted by Gasteiger charge is -2.25. The molecule has 0 radical (unpaired) electrons. The fourth-order valence-corrected chi connectivity index (χ4v) is 10.9. The van der Waals surface area contributed by atoms with Crippen molar-refractivity contribution in [2.24, 2.45) is 0 Å². The minimum atomic E-state index is -1.03. The molecular weight excluding hydrogens is 1210 g/mol. The predicted molar refractivity (Wildman–Crippen MR) is 355 cm³/mol. The molecule has 5 aromatic rings. The molecule has 0 aromatic heterocycles. The van der Waals surface area contributed by atoms with Gasteiger partial charge in [0.1, 0.15) is 12.4 Å². The number of methoxy groups -OCH3 is 8. The van der Waals surface area contributed by atoms with Crippen molar-refractivity contribution in [2.45, 2.75) is 65.6 Å². The number of hydrogen-bond donors (Lipinski definition) is 1. The SMILES string of the molecule is CCCCN(CCSSC(C)(C)CC(=O)NCN1C(=O)C=CC1=O)C(=O)Oc1cc(/C=C\c2cc(OC)c(OC)c(OC)c2)ccc1OC.CCN(CC)CC.COc1ccc(/C=C\c2cc(OC)c(OC)c(OC)c2)cc1OC(=O)Oc1ccc([N+](=O)[O-])cc1. The first-order valence-electron chi connectivity index (χ1n) is 28.9. The van der Waals surface area contributed by atoms with Crippen LogP contribution in [0.4, 0.5) is 15.3 Å². The Bertz CT molecular complexity index is 3240. The summed E-state index contributed by atoms with van der Waals surface area (Å²) in [5.41, 5.74) is 2.97. The first kappa shape index (κ1) is 74.4. The third-order valence-electron chi connectivity index (χ3n) is 13.4. The van der Waals surface area contributed by atoms with E-state index in [2.05, 4.69) is 37.9 Å². The van der Waals surface area contributed by atoms with Crippen LogP contribution in [0.3, 0.4) is 0 Å². The van der Waals surface area contributed by atoms with E-state index in [0.29, 0.717) is 76.2 Å². The van der Waals surface area contributed by atoms with Gasteiger partial charge < -0.3 is 67.2 Å². The molecule has 0 bridgehead atoms. The van der Waals surface area contributed by atoms with Crippen molar-refractivity contribution in [1.29, 1.82) is 0 Å². The molecule has 0 unspecified atom stereocenters. The molecule has 0 fully saturated rings. The van der Waals surface area contributed by atoms with Crippen LogP contribution in [0.5, 0.6) is 63.2 Å². The highest BCUT2D eigenvalue weighted by molar-refractivity contribution is 8.77. The van der Waals surface area contributed by atoms with Crippen LogP contribution in [0.2, 0.25) is 0 Å². The molecule has 1 aliphatic heterocycles. The van der Waals surface area contributed by atoms with E-state index >= 15 is 0 Å². The second-order valence-corrected chi connectivity index (χ2v) is 23.1. The molecule has 492 valence electrons. The number of nitro groups is 1. The minimum absolute atomic E-state index is 0.0954. The van der Waals surface area contributed by atoms with E-state index < -0.39 is 33.7 Å². The van der Waals surface area contributed by atoms with E-state index in [1.165, 1.54) is 102 Å². The van der Waals surface area contributed by atoms with E-state index in [0.717, 1.165) is 34.4 Å². The number of carbonyl (C=O) groups excluding carboxylic acids is 5. The highest BCUT2D eigenvalue weighted by Gasteiger charge is 2.28. The fraction of sp³-hybridized carbons (Fsp3) is 0.379. The molecule has 0 saturated heterocycles. The smallest absolute Gasteiger partial charge is 0.493 e. The number of nitrogens with one attached hydrogen (secondary N) is 1. The van der Waals surface area contributed by atoms with Crippen LogP contribution in [-0.2, 0) is 14.4 Å². The molecule has 5 aromatic carbocycles. The summed E-state index contributed by atoms with van der Waals surface area (Å²) in [6.07, 6.45) is 10.1. The Kier molecular flexibility index (Phi) is 31.5. The molecule has 91 heavy (non-hydrogen) atoms. The number of nitro benzene ring substituents is 1. The first-order chi connectivity index (χ1) is 43.7. The van der Waals surface area contributed by atoms with Crippen LogP contribution in [-0.4, -0.2) is 156 Å². The number of benzene rings is 5. The van der Waals surface area contributed by atoms with Crippen LogP contribution in [0.1, 0.15) is 83.1 Å². The Hall–Kier alpha value is -9.07. The summed E-state index contributed by atoms with van der Waals surface area (Å²) < 4.78 is 59.0. The number of non-ortho nitro benzene ring substituents is 1. The van der Waals surface area contributed by atoms with E-state index in [-0.39, 0.29) is 36.2 Å². The maximum atomic E-state index is 13.4. The van der Waals surface area contributed by atoms with Crippen molar-refractivity contribution in [2.75, 3.05) is 102 Å². The van der Waals surface area contributed by atoms with Gasteiger partial charge in [-0.25, -0.2) is 9.59 Å². The topological polar surface area (TPSA) is 252 Å². The van der Waals surface area contributed by atoms with Gasteiger partial charge in [0.05, 0.1) is 61.8 Å². The first-order valence-corrected chi connectivity index (χ1v) is 31.3. The van der Waals surface area contributed by atoms with Crippen molar-refractivity contribution in [3.8, 4) is 63.2 Å². The maximum Gasteiger partial charge on any atom is 0.519 e. The van der Waals surface area contributed by atoms with E-state index in [1.807, 2.05) is 50.3 Å². The standard InChI is InChI=1S/C35H45N3O9S2.C25H23NO9.C6H15N/c1-8-9-16-37(17-18-48-49-35(2,3)22-30(39)36-23-38-31(40)14-15-32(38)41)34(42)47-27-19-24(12-13-26(27)43-4)10-11-25-20-28(44-5)33(46-7)29(21-25)45-6;1-30-20-12-7-16(5-6-17-14-22(31-2)24(33-4)23(15-17)32-3)13-21(20)35-25(27)34-19-10-8-18(9-11-19)26(28)29;1-4-7(5-2)6-3/h10-15,19-21H,8-9,16-18,22-23H2,1-7H3,(H,36,39);5-15H,1-4H3;4-6H2,1-3H3/b11-10-;6-5-;. The molecule has 0 atom stereocenters. The lowest BCUT2D eigenvalue weighted by molar-refractivity contribution is -0.384. The Labute approximate surface area is 540 Å². The largest absolute Gasteiger partial charge is 0.519 e. The van der Waals surface area contributed by atoms with Crippen molar-refractivity contribution < 1.29 is 81.0 Å². The van der Waals surface area contributed by atoms with Crippen LogP contribution in [0.15, 0.2) is 97.1 Å². The number of ether oxygens (including phenoxy) is 11. The number of carbonyl (C=O) groups is 5. The van der Waals surface area contributed by atoms with Gasteiger partial charge in [0.15, 0.2) is 46.0 Å². The molecule has 1 N–H and O–H groups in total. The summed E-state index contributed by atoms with van der Waals surface area (Å²) in [5, 5.41) is 13.4. The van der Waals surface area contributed by atoms with Crippen LogP contribution >= 0.6 is 21.6 Å². The van der Waals surface area contributed by atoms with Gasteiger partial charge in [-0.1, -0.05) is 92.1 Å². The monoisotopic (exact) mass is 1300 g/mol. The summed E-state index contributed by atoms with van der Waals surface area (Å²) in [5.74, 6) is 3.78. The fourth-order valence-electron chi connectivity index (χ4n) is 8.43. The summed E-state index contributed by atoms with van der Waals surface area (Å²) in [7, 11) is 15.3. The van der Waals surface area contributed by atoms with E-state index in [4.69, 9.17) is 52.1 Å². The van der Waals surface area contributed by atoms with Crippen molar-refractivity contribution in [1.82, 2.24) is 20.0 Å². The Balaban J connectivity index is 0.000000366. The van der Waals surface area contributed by atoms with Crippen LogP contribution in [0.25, 0.3) is 24.3 Å². The van der Waals surface area contributed by atoms with Crippen LogP contribution < -0.4 is 57.4 Å². The molecule has 0 saturated carbocycles. The second kappa shape index (κ2) is 38.5. The second-order valence-electron chi connectivity index (χ2n) is 20.0. The van der Waals surface area contributed by atoms with Gasteiger partial charge in [-0.15, -0.1) is 0 Å². The summed E-state index contributed by atoms with van der Waals surface area (Å²) in [4.78, 5) is 76.8. The number of hydrogen-bond acceptors (Lipinski definition) is 21. The number of nitrogens with zero attached hydrogens (tertiary/aromatic N) is 4. The Morgan fingerprint density at radius 2 is 1.01 bits per heavy atom. The summed E-state index contributed by atoms with van der Waals surface area (Å²) >= 11 is 0. The molecule has 4 amide bonds. The third-order valence-corrected chi connectivity index (χ3v) is 16.6. The average Bonchev–Trinajstić information content (AvgIpc) is 4.04. The van der Waals surface area contributed by atoms with Gasteiger partial charge in [-0.3, -0.25) is 29.4 Å². The normalized spacial score (nSPS) is 11.7. The predicted octanol–water partition coefficient (Wildman–Crippen LogP) is 12.8. The van der Waals surface area contributed by atoms with Gasteiger partial charge in [0, 0.05) is 54.3 Å². The molecule has 0 aliphatic carbocycles. The molecular formula is C66H83N5O18S2.